The van der Waals surface area contributed by atoms with Crippen LogP contribution < -0.4 is 10.1 Å². The fraction of sp³-hybridized carbons (Fsp3) is 0.240. The van der Waals surface area contributed by atoms with E-state index in [9.17, 15) is 27.2 Å². The van der Waals surface area contributed by atoms with E-state index in [0.29, 0.717) is 0 Å². The van der Waals surface area contributed by atoms with E-state index in [0.717, 1.165) is 0 Å². The lowest BCUT2D eigenvalue weighted by Crippen LogP contribution is -2.58. The first-order valence-corrected chi connectivity index (χ1v) is 12.9. The molecule has 1 aliphatic heterocycles. The summed E-state index contributed by atoms with van der Waals surface area (Å²) < 4.78 is 50.7. The molecular formula is C25H24FN3O7S. The fourth-order valence-electron chi connectivity index (χ4n) is 3.75. The molecule has 1 saturated heterocycles. The SMILES string of the molecule is O=C(N[C@H](C(=O)N1CCN(C(=O)COc2ccccc2F)CC1)S(=O)(=O)c1ccccc1)c1ccco1. The van der Waals surface area contributed by atoms with Crippen LogP contribution in [-0.4, -0.2) is 74.1 Å². The Morgan fingerprint density at radius 1 is 0.919 bits per heavy atom. The molecule has 2 aromatic carbocycles. The molecule has 1 aromatic heterocycles. The number of carbonyl (C=O) groups excluding carboxylic acids is 3. The Balaban J connectivity index is 1.43. The Morgan fingerprint density at radius 2 is 1.57 bits per heavy atom. The number of ether oxygens (including phenoxy) is 1. The van der Waals surface area contributed by atoms with Gasteiger partial charge in [-0.05, 0) is 36.4 Å². The number of rotatable bonds is 8. The highest BCUT2D eigenvalue weighted by molar-refractivity contribution is 7.92. The predicted octanol–water partition coefficient (Wildman–Crippen LogP) is 1.70. The maximum Gasteiger partial charge on any atom is 0.288 e. The molecule has 3 amide bonds. The number of sulfone groups is 1. The molecule has 0 unspecified atom stereocenters. The second-order valence-corrected chi connectivity index (χ2v) is 10.1. The highest BCUT2D eigenvalue weighted by atomic mass is 32.2. The number of para-hydroxylation sites is 1. The van der Waals surface area contributed by atoms with Gasteiger partial charge in [0.2, 0.25) is 15.2 Å². The molecule has 0 aliphatic carbocycles. The molecule has 0 bridgehead atoms. The van der Waals surface area contributed by atoms with Crippen molar-refractivity contribution in [3.05, 3.63) is 84.6 Å². The average molecular weight is 530 g/mol. The average Bonchev–Trinajstić information content (AvgIpc) is 3.46. The molecular weight excluding hydrogens is 505 g/mol. The summed E-state index contributed by atoms with van der Waals surface area (Å²) in [5.74, 6) is -2.89. The highest BCUT2D eigenvalue weighted by Crippen LogP contribution is 2.19. The largest absolute Gasteiger partial charge is 0.481 e. The number of benzene rings is 2. The standard InChI is InChI=1S/C25H24FN3O7S/c26-19-9-4-5-10-20(19)36-17-22(30)28-12-14-29(15-13-28)25(32)24(27-23(31)21-11-6-16-35-21)37(33,34)18-7-2-1-3-8-18/h1-11,16,24H,12-15,17H2,(H,27,31)/t24-/m0/s1. The van der Waals surface area contributed by atoms with Gasteiger partial charge in [0.1, 0.15) is 0 Å². The first kappa shape index (κ1) is 25.9. The Bertz CT molecular complexity index is 1360. The summed E-state index contributed by atoms with van der Waals surface area (Å²) in [6.07, 6.45) is 1.25. The fourth-order valence-corrected chi connectivity index (χ4v) is 5.24. The first-order valence-electron chi connectivity index (χ1n) is 11.3. The number of hydrogen-bond acceptors (Lipinski definition) is 7. The van der Waals surface area contributed by atoms with Gasteiger partial charge < -0.3 is 24.3 Å². The van der Waals surface area contributed by atoms with Crippen molar-refractivity contribution in [2.75, 3.05) is 32.8 Å². The lowest BCUT2D eigenvalue weighted by Gasteiger charge is -2.36. The molecule has 4 rings (SSSR count). The quantitative estimate of drug-likeness (QED) is 0.471. The van der Waals surface area contributed by atoms with E-state index in [4.69, 9.17) is 9.15 Å². The minimum Gasteiger partial charge on any atom is -0.481 e. The smallest absolute Gasteiger partial charge is 0.288 e. The van der Waals surface area contributed by atoms with Gasteiger partial charge in [0.05, 0.1) is 11.2 Å². The topological polar surface area (TPSA) is 126 Å². The molecule has 194 valence electrons. The Morgan fingerprint density at radius 3 is 2.22 bits per heavy atom. The summed E-state index contributed by atoms with van der Waals surface area (Å²) >= 11 is 0. The maximum absolute atomic E-state index is 13.7. The van der Waals surface area contributed by atoms with Crippen LogP contribution >= 0.6 is 0 Å². The van der Waals surface area contributed by atoms with Crippen LogP contribution in [0.3, 0.4) is 0 Å². The normalized spacial score (nSPS) is 14.6. The van der Waals surface area contributed by atoms with Gasteiger partial charge in [-0.3, -0.25) is 14.4 Å². The number of hydrogen-bond donors (Lipinski definition) is 1. The van der Waals surface area contributed by atoms with Crippen LogP contribution in [0.2, 0.25) is 0 Å². The second-order valence-electron chi connectivity index (χ2n) is 8.11. The van der Waals surface area contributed by atoms with Crippen LogP contribution in [0.1, 0.15) is 10.6 Å². The van der Waals surface area contributed by atoms with E-state index in [1.807, 2.05) is 0 Å². The van der Waals surface area contributed by atoms with Gasteiger partial charge >= 0.3 is 0 Å². The molecule has 2 heterocycles. The Hall–Kier alpha value is -4.19. The molecule has 0 spiro atoms. The lowest BCUT2D eigenvalue weighted by molar-refractivity contribution is -0.140. The van der Waals surface area contributed by atoms with Crippen molar-refractivity contribution in [2.24, 2.45) is 0 Å². The minimum absolute atomic E-state index is 0.0295. The summed E-state index contributed by atoms with van der Waals surface area (Å²) in [6, 6.07) is 15.8. The molecule has 1 fully saturated rings. The zero-order chi connectivity index (χ0) is 26.4. The van der Waals surface area contributed by atoms with Gasteiger partial charge in [-0.1, -0.05) is 30.3 Å². The molecule has 37 heavy (non-hydrogen) atoms. The van der Waals surface area contributed by atoms with Crippen molar-refractivity contribution < 1.29 is 36.3 Å². The van der Waals surface area contributed by atoms with Gasteiger partial charge in [-0.2, -0.15) is 0 Å². The molecule has 0 radical (unpaired) electrons. The molecule has 12 heteroatoms. The van der Waals surface area contributed by atoms with Gasteiger partial charge in [-0.15, -0.1) is 0 Å². The van der Waals surface area contributed by atoms with Crippen molar-refractivity contribution >= 4 is 27.6 Å². The van der Waals surface area contributed by atoms with E-state index in [1.165, 1.54) is 70.7 Å². The number of furan rings is 1. The van der Waals surface area contributed by atoms with E-state index in [2.05, 4.69) is 5.32 Å². The van der Waals surface area contributed by atoms with E-state index < -0.39 is 38.7 Å². The van der Waals surface area contributed by atoms with E-state index in [1.54, 1.807) is 12.1 Å². The van der Waals surface area contributed by atoms with Gasteiger partial charge in [0.25, 0.3) is 17.7 Å². The zero-order valence-electron chi connectivity index (χ0n) is 19.6. The third-order valence-electron chi connectivity index (χ3n) is 5.75. The summed E-state index contributed by atoms with van der Waals surface area (Å²) in [6.45, 7) is -0.118. The van der Waals surface area contributed by atoms with E-state index >= 15 is 0 Å². The maximum atomic E-state index is 13.7. The van der Waals surface area contributed by atoms with Crippen molar-refractivity contribution in [1.82, 2.24) is 15.1 Å². The summed E-state index contributed by atoms with van der Waals surface area (Å²) in [5.41, 5.74) is 0. The predicted molar refractivity (Wildman–Crippen MR) is 129 cm³/mol. The zero-order valence-corrected chi connectivity index (χ0v) is 20.4. The van der Waals surface area contributed by atoms with Gasteiger partial charge in [0.15, 0.2) is 23.9 Å². The highest BCUT2D eigenvalue weighted by Gasteiger charge is 2.40. The number of carbonyl (C=O) groups is 3. The summed E-state index contributed by atoms with van der Waals surface area (Å²) in [5, 5.41) is 0.381. The number of halogens is 1. The Kier molecular flexibility index (Phi) is 7.87. The molecule has 10 nitrogen and oxygen atoms in total. The monoisotopic (exact) mass is 529 g/mol. The van der Waals surface area contributed by atoms with Crippen LogP contribution in [0.15, 0.2) is 82.3 Å². The number of piperazine rings is 1. The van der Waals surface area contributed by atoms with Crippen LogP contribution in [0.4, 0.5) is 4.39 Å². The third-order valence-corrected chi connectivity index (χ3v) is 7.61. The summed E-state index contributed by atoms with van der Waals surface area (Å²) in [4.78, 5) is 41.1. The minimum atomic E-state index is -4.31. The molecule has 0 saturated carbocycles. The van der Waals surface area contributed by atoms with Crippen molar-refractivity contribution in [2.45, 2.75) is 10.3 Å². The van der Waals surface area contributed by atoms with Crippen molar-refractivity contribution in [1.29, 1.82) is 0 Å². The number of nitrogens with zero attached hydrogens (tertiary/aromatic N) is 2. The number of amides is 3. The summed E-state index contributed by atoms with van der Waals surface area (Å²) in [7, 11) is -4.31. The Labute approximate surface area is 212 Å². The third kappa shape index (κ3) is 5.97. The molecule has 1 atom stereocenters. The number of nitrogens with one attached hydrogen (secondary N) is 1. The lowest BCUT2D eigenvalue weighted by atomic mass is 10.3. The molecule has 3 aromatic rings. The van der Waals surface area contributed by atoms with Crippen LogP contribution in [0, 0.1) is 5.82 Å². The van der Waals surface area contributed by atoms with Crippen molar-refractivity contribution in [3.8, 4) is 5.75 Å². The second kappa shape index (κ2) is 11.2. The van der Waals surface area contributed by atoms with Crippen LogP contribution in [0.5, 0.6) is 5.75 Å². The molecule has 1 aliphatic rings. The van der Waals surface area contributed by atoms with Crippen LogP contribution in [0.25, 0.3) is 0 Å². The molecule has 1 N–H and O–H groups in total. The van der Waals surface area contributed by atoms with E-state index in [-0.39, 0.29) is 49.2 Å². The van der Waals surface area contributed by atoms with Crippen LogP contribution in [-0.2, 0) is 19.4 Å². The van der Waals surface area contributed by atoms with Gasteiger partial charge in [-0.25, -0.2) is 12.8 Å². The first-order chi connectivity index (χ1) is 17.8. The van der Waals surface area contributed by atoms with Crippen molar-refractivity contribution in [3.63, 3.8) is 0 Å². The van der Waals surface area contributed by atoms with Gasteiger partial charge in [0, 0.05) is 26.2 Å².